The number of rotatable bonds is 29. The number of aromatic amines is 2. The molecule has 0 bridgehead atoms. The van der Waals surface area contributed by atoms with Crippen molar-refractivity contribution in [3.05, 3.63) is 65.7 Å². The summed E-state index contributed by atoms with van der Waals surface area (Å²) in [6, 6.07) is 0. The molecule has 3 heterocycles. The summed E-state index contributed by atoms with van der Waals surface area (Å²) in [5, 5.41) is 13.0. The number of H-pyrrole nitrogens is 2. The van der Waals surface area contributed by atoms with Crippen molar-refractivity contribution in [2.75, 3.05) is 26.4 Å². The summed E-state index contributed by atoms with van der Waals surface area (Å²) < 4.78 is 81.8. The van der Waals surface area contributed by atoms with Crippen LogP contribution in [0.25, 0.3) is 6.08 Å². The molecule has 0 aliphatic carbocycles. The van der Waals surface area contributed by atoms with Gasteiger partial charge in [0, 0.05) is 31.8 Å². The van der Waals surface area contributed by atoms with E-state index in [1.54, 1.807) is 6.92 Å². The second kappa shape index (κ2) is 25.2. The number of carbonyl (C=O) groups excluding carboxylic acids is 1. The number of phosphoric ester groups is 2. The smallest absolute Gasteiger partial charge is 0.390 e. The highest BCUT2D eigenvalue weighted by Gasteiger charge is 2.41. The molecule has 2 aromatic rings. The molecule has 3 rings (SSSR count). The highest BCUT2D eigenvalue weighted by atomic mass is 31.3. The molecule has 2 aromatic heterocycles. The van der Waals surface area contributed by atoms with Crippen LogP contribution in [0, 0.1) is 0 Å². The standard InChI is InChI=1S/C32H52BN5O22P4/c1-3-23(19-55-63(50,51)60-64(52,53)59-61(45,46)47)57-21(2)37-17-22(29(41)35-31(37)43)12-11-14-34-27(40)13-9-7-5-4-6-8-10-15-54-62(48,49)56-20-26-25(39)16-28(58-26)38-18-24(33)30(42)36-32(38)44/h11-12,17-18,21,23,25-26,28,39H,3-10,13-16,19-20H2,1-2H3,(H,34,40)(H,48,49)(H,50,51)(H,52,53)(H,35,41,43)(H,36,42,44)(H2,45,46,47)/b12-11+. The third-order valence-electron chi connectivity index (χ3n) is 9.00. The van der Waals surface area contributed by atoms with Crippen molar-refractivity contribution in [1.29, 1.82) is 0 Å². The fourth-order valence-corrected chi connectivity index (χ4v) is 9.64. The second-order valence-corrected chi connectivity index (χ2v) is 20.0. The van der Waals surface area contributed by atoms with Crippen molar-refractivity contribution in [3.63, 3.8) is 0 Å². The van der Waals surface area contributed by atoms with E-state index in [0.717, 1.165) is 41.0 Å². The van der Waals surface area contributed by atoms with Crippen molar-refractivity contribution in [2.45, 2.75) is 109 Å². The maximum Gasteiger partial charge on any atom is 0.490 e. The Hall–Kier alpha value is -2.97. The number of hydrogen-bond donors (Lipinski definition) is 9. The lowest BCUT2D eigenvalue weighted by atomic mass is 10.0. The van der Waals surface area contributed by atoms with Gasteiger partial charge in [0.1, 0.15) is 26.4 Å². The molecule has 64 heavy (non-hydrogen) atoms. The van der Waals surface area contributed by atoms with E-state index < -0.39 is 97.8 Å². The van der Waals surface area contributed by atoms with Gasteiger partial charge in [-0.1, -0.05) is 51.2 Å². The lowest BCUT2D eigenvalue weighted by Crippen LogP contribution is -2.41. The van der Waals surface area contributed by atoms with Crippen molar-refractivity contribution >= 4 is 56.6 Å². The first-order valence-corrected chi connectivity index (χ1v) is 25.6. The van der Waals surface area contributed by atoms with Crippen LogP contribution >= 0.6 is 31.3 Å². The molecule has 0 spiro atoms. The summed E-state index contributed by atoms with van der Waals surface area (Å²) >= 11 is 0. The van der Waals surface area contributed by atoms with Gasteiger partial charge in [0.25, 0.3) is 5.56 Å². The molecular formula is C32H52BN5O22P4. The highest BCUT2D eigenvalue weighted by Crippen LogP contribution is 2.66. The van der Waals surface area contributed by atoms with Gasteiger partial charge in [0.15, 0.2) is 0 Å². The number of nitrogens with zero attached hydrogens (tertiary/aromatic N) is 2. The fraction of sp³-hybridized carbons (Fsp3) is 0.656. The quantitative estimate of drug-likeness (QED) is 0.0305. The van der Waals surface area contributed by atoms with Crippen LogP contribution in [0.15, 0.2) is 37.6 Å². The van der Waals surface area contributed by atoms with Crippen LogP contribution in [0.5, 0.6) is 0 Å². The zero-order valence-corrected chi connectivity index (χ0v) is 38.1. The Labute approximate surface area is 365 Å². The largest absolute Gasteiger partial charge is 0.490 e. The van der Waals surface area contributed by atoms with E-state index in [1.807, 2.05) is 4.98 Å². The van der Waals surface area contributed by atoms with E-state index in [4.69, 9.17) is 36.2 Å². The molecule has 9 N–H and O–H groups in total. The van der Waals surface area contributed by atoms with Crippen LogP contribution in [0.3, 0.4) is 0 Å². The Bertz CT molecular complexity index is 2330. The summed E-state index contributed by atoms with van der Waals surface area (Å²) in [6.45, 7) is 1.69. The fourth-order valence-electron chi connectivity index (χ4n) is 5.82. The monoisotopic (exact) mass is 993 g/mol. The van der Waals surface area contributed by atoms with Gasteiger partial charge in [-0.3, -0.25) is 47.1 Å². The molecule has 2 radical (unpaired) electrons. The summed E-state index contributed by atoms with van der Waals surface area (Å²) in [5.41, 5.74) is -3.41. The van der Waals surface area contributed by atoms with Crippen LogP contribution < -0.4 is 33.3 Å². The average Bonchev–Trinajstić information content (AvgIpc) is 3.55. The third kappa shape index (κ3) is 19.9. The van der Waals surface area contributed by atoms with E-state index in [9.17, 15) is 62.0 Å². The second-order valence-electron chi connectivity index (χ2n) is 14.1. The van der Waals surface area contributed by atoms with Crippen molar-refractivity contribution in [3.8, 4) is 0 Å². The number of unbranched alkanes of at least 4 members (excludes halogenated alkanes) is 6. The highest BCUT2D eigenvalue weighted by molar-refractivity contribution is 7.66. The van der Waals surface area contributed by atoms with Gasteiger partial charge in [-0.05, 0) is 31.6 Å². The Morgan fingerprint density at radius 1 is 0.891 bits per heavy atom. The average molecular weight is 993 g/mol. The Morgan fingerprint density at radius 3 is 2.19 bits per heavy atom. The number of nitrogens with one attached hydrogen (secondary N) is 3. The molecular weight excluding hydrogens is 941 g/mol. The lowest BCUT2D eigenvalue weighted by Gasteiger charge is -2.24. The first-order chi connectivity index (χ1) is 29.8. The number of aromatic nitrogens is 4. The van der Waals surface area contributed by atoms with Crippen LogP contribution in [0.2, 0.25) is 0 Å². The summed E-state index contributed by atoms with van der Waals surface area (Å²) in [4.78, 5) is 111. The normalized spacial score (nSPS) is 20.7. The van der Waals surface area contributed by atoms with E-state index in [1.165, 1.54) is 25.3 Å². The van der Waals surface area contributed by atoms with Gasteiger partial charge in [-0.15, -0.1) is 0 Å². The van der Waals surface area contributed by atoms with Crippen LogP contribution in [0.1, 0.15) is 96.1 Å². The third-order valence-corrected chi connectivity index (χ3v) is 13.8. The summed E-state index contributed by atoms with van der Waals surface area (Å²) in [7, 11) is -15.7. The first-order valence-electron chi connectivity index (χ1n) is 19.6. The Kier molecular flexibility index (Phi) is 21.8. The van der Waals surface area contributed by atoms with E-state index in [-0.39, 0.29) is 49.3 Å². The molecule has 1 amide bonds. The predicted molar refractivity (Wildman–Crippen MR) is 223 cm³/mol. The van der Waals surface area contributed by atoms with Crippen molar-refractivity contribution in [2.24, 2.45) is 0 Å². The zero-order valence-electron chi connectivity index (χ0n) is 34.6. The zero-order chi connectivity index (χ0) is 47.9. The van der Waals surface area contributed by atoms with Gasteiger partial charge >= 0.3 is 42.7 Å². The Balaban J connectivity index is 1.28. The molecule has 8 atom stereocenters. The van der Waals surface area contributed by atoms with Crippen LogP contribution in [0.4, 0.5) is 0 Å². The molecule has 360 valence electrons. The molecule has 0 aromatic carbocycles. The summed E-state index contributed by atoms with van der Waals surface area (Å²) in [6.07, 6.45) is 5.07. The molecule has 8 unspecified atom stereocenters. The number of ether oxygens (including phenoxy) is 2. The molecule has 0 saturated carbocycles. The van der Waals surface area contributed by atoms with Gasteiger partial charge in [0.05, 0.1) is 37.6 Å². The number of carbonyl (C=O) groups is 1. The minimum atomic E-state index is -5.73. The molecule has 27 nitrogen and oxygen atoms in total. The maximum absolute atomic E-state index is 12.5. The molecule has 32 heteroatoms. The van der Waals surface area contributed by atoms with Crippen molar-refractivity contribution in [1.82, 2.24) is 24.4 Å². The molecule has 1 aliphatic rings. The van der Waals surface area contributed by atoms with E-state index >= 15 is 0 Å². The summed E-state index contributed by atoms with van der Waals surface area (Å²) in [5.74, 6) is -0.233. The molecule has 1 aliphatic heterocycles. The topological polar surface area (TPSA) is 393 Å². The predicted octanol–water partition coefficient (Wildman–Crippen LogP) is 0.570. The molecule has 1 saturated heterocycles. The van der Waals surface area contributed by atoms with E-state index in [0.29, 0.717) is 19.3 Å². The minimum Gasteiger partial charge on any atom is -0.390 e. The van der Waals surface area contributed by atoms with Gasteiger partial charge in [-0.25, -0.2) is 27.8 Å². The van der Waals surface area contributed by atoms with Crippen LogP contribution in [-0.2, 0) is 54.7 Å². The van der Waals surface area contributed by atoms with Gasteiger partial charge in [-0.2, -0.15) is 8.62 Å². The number of aliphatic hydroxyl groups excluding tert-OH is 1. The molecule has 1 fully saturated rings. The van der Waals surface area contributed by atoms with Crippen molar-refractivity contribution < 1.29 is 84.3 Å². The number of amides is 1. The van der Waals surface area contributed by atoms with Gasteiger partial charge in [0.2, 0.25) is 11.5 Å². The Morgan fingerprint density at radius 2 is 1.53 bits per heavy atom. The maximum atomic E-state index is 12.5. The lowest BCUT2D eigenvalue weighted by molar-refractivity contribution is -0.121. The first kappa shape index (κ1) is 55.4. The van der Waals surface area contributed by atoms with Crippen LogP contribution in [-0.4, -0.2) is 107 Å². The minimum absolute atomic E-state index is 0.0119. The SMILES string of the molecule is [B]c1cn(C2CC(O)C(COP(=O)(O)OCCCCCCCCCC(=O)NC/C=C/c3cn(C(C)OC(CC)COP(=O)(O)OP(=O)(O)OP(=O)(O)O)c(=O)[nH]c3=O)O2)c(=O)[nH]c1=O. The van der Waals surface area contributed by atoms with E-state index in [2.05, 4.69) is 23.4 Å². The number of phosphoric acid groups is 4. The number of aliphatic hydroxyl groups is 1. The van der Waals surface area contributed by atoms with Gasteiger partial charge < -0.3 is 44.4 Å². The number of hydrogen-bond acceptors (Lipinski definition) is 17.